The Hall–Kier alpha value is -0.820. The second-order valence-corrected chi connectivity index (χ2v) is 4.76. The Labute approximate surface area is 99.5 Å². The normalized spacial score (nSPS) is 16.8. The molecular formula is C15H24O. The number of unbranched alkanes of at least 4 members (excludes halogenated alkanes) is 1. The zero-order valence-corrected chi connectivity index (χ0v) is 10.7. The predicted octanol–water partition coefficient (Wildman–Crippen LogP) is 4.11. The third-order valence-electron chi connectivity index (χ3n) is 3.55. The van der Waals surface area contributed by atoms with Gasteiger partial charge in [0.2, 0.25) is 0 Å². The van der Waals surface area contributed by atoms with Gasteiger partial charge in [0.15, 0.2) is 0 Å². The predicted molar refractivity (Wildman–Crippen MR) is 69.3 cm³/mol. The van der Waals surface area contributed by atoms with E-state index in [0.29, 0.717) is 5.92 Å². The van der Waals surface area contributed by atoms with Crippen molar-refractivity contribution in [1.82, 2.24) is 0 Å². The average molecular weight is 220 g/mol. The van der Waals surface area contributed by atoms with Gasteiger partial charge in [-0.15, -0.1) is 0 Å². The van der Waals surface area contributed by atoms with Crippen LogP contribution in [0.3, 0.4) is 0 Å². The van der Waals surface area contributed by atoms with Crippen molar-refractivity contribution in [3.63, 3.8) is 0 Å². The smallest absolute Gasteiger partial charge is 0.0896 e. The van der Waals surface area contributed by atoms with E-state index < -0.39 is 5.60 Å². The number of benzene rings is 1. The molecule has 0 aromatic heterocycles. The van der Waals surface area contributed by atoms with Crippen LogP contribution in [0.4, 0.5) is 0 Å². The molecule has 0 spiro atoms. The van der Waals surface area contributed by atoms with Crippen molar-refractivity contribution in [3.8, 4) is 0 Å². The standard InChI is InChI=1S/C15H24O/c1-4-6-10-13(5-2)15(3,16)14-11-8-7-9-12-14/h7-9,11-13,16H,4-6,10H2,1-3H3. The molecule has 1 aromatic rings. The first kappa shape index (κ1) is 13.2. The lowest BCUT2D eigenvalue weighted by molar-refractivity contribution is -0.0123. The van der Waals surface area contributed by atoms with Gasteiger partial charge in [-0.25, -0.2) is 0 Å². The van der Waals surface area contributed by atoms with Gasteiger partial charge >= 0.3 is 0 Å². The summed E-state index contributed by atoms with van der Waals surface area (Å²) in [4.78, 5) is 0. The maximum absolute atomic E-state index is 10.7. The molecule has 0 aliphatic rings. The first-order valence-corrected chi connectivity index (χ1v) is 6.40. The van der Waals surface area contributed by atoms with Gasteiger partial charge in [0.1, 0.15) is 0 Å². The summed E-state index contributed by atoms with van der Waals surface area (Å²) in [7, 11) is 0. The molecule has 0 amide bonds. The Morgan fingerprint density at radius 3 is 2.31 bits per heavy atom. The second kappa shape index (κ2) is 6.05. The molecule has 0 saturated carbocycles. The van der Waals surface area contributed by atoms with Gasteiger partial charge in [-0.05, 0) is 24.8 Å². The Bertz CT molecular complexity index is 290. The summed E-state index contributed by atoms with van der Waals surface area (Å²) in [6.07, 6.45) is 4.53. The fraction of sp³-hybridized carbons (Fsp3) is 0.600. The first-order chi connectivity index (χ1) is 7.62. The van der Waals surface area contributed by atoms with E-state index in [1.54, 1.807) is 0 Å². The third kappa shape index (κ3) is 3.08. The van der Waals surface area contributed by atoms with Crippen molar-refractivity contribution in [1.29, 1.82) is 0 Å². The largest absolute Gasteiger partial charge is 0.385 e. The molecule has 1 nitrogen and oxygen atoms in total. The van der Waals surface area contributed by atoms with Crippen LogP contribution in [0, 0.1) is 5.92 Å². The first-order valence-electron chi connectivity index (χ1n) is 6.40. The van der Waals surface area contributed by atoms with Crippen LogP contribution in [0.2, 0.25) is 0 Å². The van der Waals surface area contributed by atoms with Crippen LogP contribution in [-0.4, -0.2) is 5.11 Å². The Morgan fingerprint density at radius 1 is 1.19 bits per heavy atom. The van der Waals surface area contributed by atoms with Crippen LogP contribution in [0.5, 0.6) is 0 Å². The van der Waals surface area contributed by atoms with Crippen LogP contribution >= 0.6 is 0 Å². The van der Waals surface area contributed by atoms with Crippen molar-refractivity contribution in [3.05, 3.63) is 35.9 Å². The van der Waals surface area contributed by atoms with Crippen molar-refractivity contribution < 1.29 is 5.11 Å². The van der Waals surface area contributed by atoms with Crippen molar-refractivity contribution in [2.24, 2.45) is 5.92 Å². The van der Waals surface area contributed by atoms with E-state index in [2.05, 4.69) is 13.8 Å². The number of rotatable bonds is 6. The lowest BCUT2D eigenvalue weighted by Crippen LogP contribution is -2.31. The maximum Gasteiger partial charge on any atom is 0.0896 e. The van der Waals surface area contributed by atoms with Crippen LogP contribution in [-0.2, 0) is 5.60 Å². The molecular weight excluding hydrogens is 196 g/mol. The number of hydrogen-bond acceptors (Lipinski definition) is 1. The van der Waals surface area contributed by atoms with Crippen molar-refractivity contribution in [2.45, 2.75) is 52.1 Å². The van der Waals surface area contributed by atoms with E-state index in [-0.39, 0.29) is 0 Å². The fourth-order valence-corrected chi connectivity index (χ4v) is 2.34. The van der Waals surface area contributed by atoms with Gasteiger partial charge < -0.3 is 5.11 Å². The monoisotopic (exact) mass is 220 g/mol. The molecule has 2 unspecified atom stereocenters. The summed E-state index contributed by atoms with van der Waals surface area (Å²) in [5.41, 5.74) is 0.350. The van der Waals surface area contributed by atoms with Gasteiger partial charge in [0, 0.05) is 0 Å². The lowest BCUT2D eigenvalue weighted by atomic mass is 9.78. The highest BCUT2D eigenvalue weighted by atomic mass is 16.3. The summed E-state index contributed by atoms with van der Waals surface area (Å²) >= 11 is 0. The lowest BCUT2D eigenvalue weighted by Gasteiger charge is -2.33. The Kier molecular flexibility index (Phi) is 5.01. The van der Waals surface area contributed by atoms with Crippen LogP contribution in [0.15, 0.2) is 30.3 Å². The highest BCUT2D eigenvalue weighted by Gasteiger charge is 2.31. The Balaban J connectivity index is 2.81. The highest BCUT2D eigenvalue weighted by molar-refractivity contribution is 5.22. The second-order valence-electron chi connectivity index (χ2n) is 4.76. The van der Waals surface area contributed by atoms with Gasteiger partial charge in [0.25, 0.3) is 0 Å². The summed E-state index contributed by atoms with van der Waals surface area (Å²) in [6, 6.07) is 10.0. The SMILES string of the molecule is CCCCC(CC)C(C)(O)c1ccccc1. The number of hydrogen-bond donors (Lipinski definition) is 1. The van der Waals surface area contributed by atoms with E-state index >= 15 is 0 Å². The van der Waals surface area contributed by atoms with E-state index in [0.717, 1.165) is 18.4 Å². The van der Waals surface area contributed by atoms with Gasteiger partial charge in [-0.1, -0.05) is 63.4 Å². The van der Waals surface area contributed by atoms with E-state index in [4.69, 9.17) is 0 Å². The molecule has 0 bridgehead atoms. The molecule has 0 saturated heterocycles. The van der Waals surface area contributed by atoms with Crippen molar-refractivity contribution >= 4 is 0 Å². The molecule has 90 valence electrons. The highest BCUT2D eigenvalue weighted by Crippen LogP contribution is 2.34. The van der Waals surface area contributed by atoms with E-state index in [1.807, 2.05) is 37.3 Å². The summed E-state index contributed by atoms with van der Waals surface area (Å²) in [5, 5.41) is 10.7. The molecule has 0 radical (unpaired) electrons. The molecule has 1 aromatic carbocycles. The quantitative estimate of drug-likeness (QED) is 0.765. The summed E-state index contributed by atoms with van der Waals surface area (Å²) in [6.45, 7) is 6.31. The van der Waals surface area contributed by atoms with Gasteiger partial charge in [0.05, 0.1) is 5.60 Å². The topological polar surface area (TPSA) is 20.2 Å². The van der Waals surface area contributed by atoms with Gasteiger partial charge in [-0.2, -0.15) is 0 Å². The summed E-state index contributed by atoms with van der Waals surface area (Å²) in [5.74, 6) is 0.356. The average Bonchev–Trinajstić information content (AvgIpc) is 2.31. The van der Waals surface area contributed by atoms with Crippen LogP contribution in [0.1, 0.15) is 52.0 Å². The molecule has 2 atom stereocenters. The molecule has 0 fully saturated rings. The van der Waals surface area contributed by atoms with Crippen molar-refractivity contribution in [2.75, 3.05) is 0 Å². The number of aliphatic hydroxyl groups is 1. The summed E-state index contributed by atoms with van der Waals surface area (Å²) < 4.78 is 0. The zero-order valence-electron chi connectivity index (χ0n) is 10.7. The van der Waals surface area contributed by atoms with Crippen LogP contribution < -0.4 is 0 Å². The zero-order chi connectivity index (χ0) is 12.0. The molecule has 1 N–H and O–H groups in total. The van der Waals surface area contributed by atoms with Gasteiger partial charge in [-0.3, -0.25) is 0 Å². The molecule has 1 heteroatoms. The minimum atomic E-state index is -0.689. The molecule has 0 heterocycles. The van der Waals surface area contributed by atoms with E-state index in [9.17, 15) is 5.11 Å². The third-order valence-corrected chi connectivity index (χ3v) is 3.55. The minimum absolute atomic E-state index is 0.356. The molecule has 0 aliphatic carbocycles. The molecule has 1 rings (SSSR count). The minimum Gasteiger partial charge on any atom is -0.385 e. The van der Waals surface area contributed by atoms with Crippen LogP contribution in [0.25, 0.3) is 0 Å². The maximum atomic E-state index is 10.7. The molecule has 0 aliphatic heterocycles. The molecule has 16 heavy (non-hydrogen) atoms. The Morgan fingerprint density at radius 2 is 1.81 bits per heavy atom. The van der Waals surface area contributed by atoms with E-state index in [1.165, 1.54) is 12.8 Å². The fourth-order valence-electron chi connectivity index (χ4n) is 2.34.